The molecule has 1 aliphatic heterocycles. The van der Waals surface area contributed by atoms with Crippen LogP contribution >= 0.6 is 0 Å². The van der Waals surface area contributed by atoms with Crippen molar-refractivity contribution in [2.45, 2.75) is 63.7 Å². The molecule has 1 fully saturated rings. The van der Waals surface area contributed by atoms with Crippen LogP contribution in [0.4, 0.5) is 13.2 Å². The van der Waals surface area contributed by atoms with Crippen molar-refractivity contribution in [3.8, 4) is 0 Å². The monoisotopic (exact) mass is 409 g/mol. The van der Waals surface area contributed by atoms with E-state index in [1.54, 1.807) is 0 Å². The number of rotatable bonds is 6. The van der Waals surface area contributed by atoms with E-state index in [1.807, 2.05) is 6.92 Å². The zero-order chi connectivity index (χ0) is 21.1. The lowest BCUT2D eigenvalue weighted by Gasteiger charge is -2.38. The number of aliphatic imine (C=N–C) groups is 1. The van der Waals surface area contributed by atoms with Gasteiger partial charge in [-0.05, 0) is 44.2 Å². The third-order valence-corrected chi connectivity index (χ3v) is 5.56. The van der Waals surface area contributed by atoms with Gasteiger partial charge >= 0.3 is 6.18 Å². The predicted octanol–water partition coefficient (Wildman–Crippen LogP) is 3.91. The molecule has 8 heteroatoms. The van der Waals surface area contributed by atoms with Crippen molar-refractivity contribution in [1.82, 2.24) is 10.2 Å². The maximum atomic E-state index is 13.1. The molecule has 5 nitrogen and oxygen atoms in total. The van der Waals surface area contributed by atoms with Crippen molar-refractivity contribution >= 4 is 17.5 Å². The average molecular weight is 409 g/mol. The van der Waals surface area contributed by atoms with E-state index in [9.17, 15) is 22.8 Å². The highest BCUT2D eigenvalue weighted by atomic mass is 19.4. The number of hydrogen-bond acceptors (Lipinski definition) is 3. The highest BCUT2D eigenvalue weighted by molar-refractivity contribution is 6.47. The number of hydrogen-bond donors (Lipinski definition) is 1. The summed E-state index contributed by atoms with van der Waals surface area (Å²) in [7, 11) is 0. The molecule has 0 aromatic heterocycles. The zero-order valence-corrected chi connectivity index (χ0v) is 16.5. The van der Waals surface area contributed by atoms with E-state index in [1.165, 1.54) is 17.0 Å². The fraction of sp³-hybridized carbons (Fsp3) is 0.571. The van der Waals surface area contributed by atoms with Gasteiger partial charge in [-0.15, -0.1) is 0 Å². The molecule has 0 saturated heterocycles. The van der Waals surface area contributed by atoms with Crippen LogP contribution in [-0.4, -0.2) is 41.2 Å². The summed E-state index contributed by atoms with van der Waals surface area (Å²) in [6.07, 6.45) is 1.52. The quantitative estimate of drug-likeness (QED) is 0.724. The second-order valence-electron chi connectivity index (χ2n) is 7.67. The summed E-state index contributed by atoms with van der Waals surface area (Å²) < 4.78 is 38.5. The van der Waals surface area contributed by atoms with Gasteiger partial charge in [0.2, 0.25) is 5.91 Å². The molecule has 1 aromatic rings. The summed E-state index contributed by atoms with van der Waals surface area (Å²) >= 11 is 0. The van der Waals surface area contributed by atoms with Gasteiger partial charge in [-0.2, -0.15) is 13.2 Å². The van der Waals surface area contributed by atoms with Gasteiger partial charge in [0.05, 0.1) is 5.56 Å². The highest BCUT2D eigenvalue weighted by Crippen LogP contribution is 2.39. The molecule has 0 radical (unpaired) electrons. The van der Waals surface area contributed by atoms with Gasteiger partial charge in [-0.25, -0.2) is 0 Å². The highest BCUT2D eigenvalue weighted by Gasteiger charge is 2.48. The third kappa shape index (κ3) is 4.62. The third-order valence-electron chi connectivity index (χ3n) is 5.56. The predicted molar refractivity (Wildman–Crippen MR) is 103 cm³/mol. The Labute approximate surface area is 168 Å². The first-order valence-corrected chi connectivity index (χ1v) is 10.1. The SMILES string of the molecule is CCCCNC(=O)CN1C(=O)C(c2ccc(C(F)(F)F)cc2)=NC12CCCCC2. The number of alkyl halides is 3. The summed E-state index contributed by atoms with van der Waals surface area (Å²) in [6, 6.07) is 4.47. The van der Waals surface area contributed by atoms with Crippen molar-refractivity contribution < 1.29 is 22.8 Å². The van der Waals surface area contributed by atoms with Crippen LogP contribution in [0, 0.1) is 0 Å². The standard InChI is InChI=1S/C21H26F3N3O2/c1-2-3-13-25-17(28)14-27-19(29)18(26-20(27)11-5-4-6-12-20)15-7-9-16(10-8-15)21(22,23)24/h7-10H,2-6,11-14H2,1H3,(H,25,28). The van der Waals surface area contributed by atoms with Crippen LogP contribution in [0.2, 0.25) is 0 Å². The Hall–Kier alpha value is -2.38. The minimum atomic E-state index is -4.44. The van der Waals surface area contributed by atoms with E-state index >= 15 is 0 Å². The minimum Gasteiger partial charge on any atom is -0.355 e. The van der Waals surface area contributed by atoms with Gasteiger partial charge < -0.3 is 10.2 Å². The van der Waals surface area contributed by atoms with Crippen LogP contribution in [0.5, 0.6) is 0 Å². The van der Waals surface area contributed by atoms with E-state index in [-0.39, 0.29) is 18.2 Å². The van der Waals surface area contributed by atoms with Gasteiger partial charge in [-0.1, -0.05) is 31.9 Å². The van der Waals surface area contributed by atoms with Gasteiger partial charge in [-0.3, -0.25) is 14.6 Å². The largest absolute Gasteiger partial charge is 0.416 e. The molecule has 29 heavy (non-hydrogen) atoms. The molecular formula is C21H26F3N3O2. The van der Waals surface area contributed by atoms with Crippen LogP contribution < -0.4 is 5.32 Å². The molecule has 0 atom stereocenters. The Morgan fingerprint density at radius 2 is 1.83 bits per heavy atom. The summed E-state index contributed by atoms with van der Waals surface area (Å²) in [5, 5.41) is 2.82. The lowest BCUT2D eigenvalue weighted by atomic mass is 9.88. The second-order valence-corrected chi connectivity index (χ2v) is 7.67. The van der Waals surface area contributed by atoms with Crippen molar-refractivity contribution in [1.29, 1.82) is 0 Å². The number of carbonyl (C=O) groups is 2. The Morgan fingerprint density at radius 3 is 2.41 bits per heavy atom. The number of nitrogens with zero attached hydrogens (tertiary/aromatic N) is 2. The minimum absolute atomic E-state index is 0.0871. The lowest BCUT2D eigenvalue weighted by molar-refractivity contribution is -0.137. The number of halogens is 3. The Morgan fingerprint density at radius 1 is 1.17 bits per heavy atom. The molecule has 1 heterocycles. The normalized spacial score (nSPS) is 18.8. The number of amides is 2. The summed E-state index contributed by atoms with van der Waals surface area (Å²) in [6.45, 7) is 2.49. The lowest BCUT2D eigenvalue weighted by Crippen LogP contribution is -2.52. The van der Waals surface area contributed by atoms with Crippen LogP contribution in [-0.2, 0) is 15.8 Å². The zero-order valence-electron chi connectivity index (χ0n) is 16.5. The number of unbranched alkanes of at least 4 members (excludes halogenated alkanes) is 1. The smallest absolute Gasteiger partial charge is 0.355 e. The second kappa shape index (κ2) is 8.55. The molecule has 158 valence electrons. The first-order valence-electron chi connectivity index (χ1n) is 10.1. The van der Waals surface area contributed by atoms with Crippen molar-refractivity contribution in [2.75, 3.05) is 13.1 Å². The molecule has 1 N–H and O–H groups in total. The fourth-order valence-electron chi connectivity index (χ4n) is 3.96. The number of nitrogens with one attached hydrogen (secondary N) is 1. The molecule has 1 saturated carbocycles. The molecule has 2 aliphatic rings. The molecule has 0 bridgehead atoms. The Balaban J connectivity index is 1.84. The Bertz CT molecular complexity index is 781. The fourth-order valence-corrected chi connectivity index (χ4v) is 3.96. The number of benzene rings is 1. The summed E-state index contributed by atoms with van der Waals surface area (Å²) in [5.74, 6) is -0.627. The van der Waals surface area contributed by atoms with E-state index < -0.39 is 23.3 Å². The maximum Gasteiger partial charge on any atom is 0.416 e. The van der Waals surface area contributed by atoms with E-state index in [2.05, 4.69) is 10.3 Å². The first kappa shape index (κ1) is 21.3. The molecule has 1 aliphatic carbocycles. The van der Waals surface area contributed by atoms with E-state index in [4.69, 9.17) is 0 Å². The summed E-state index contributed by atoms with van der Waals surface area (Å²) in [4.78, 5) is 31.7. The van der Waals surface area contributed by atoms with E-state index in [0.717, 1.165) is 44.2 Å². The van der Waals surface area contributed by atoms with Gasteiger partial charge in [0.1, 0.15) is 17.9 Å². The van der Waals surface area contributed by atoms with Crippen LogP contribution in [0.15, 0.2) is 29.3 Å². The van der Waals surface area contributed by atoms with Crippen molar-refractivity contribution in [3.63, 3.8) is 0 Å². The van der Waals surface area contributed by atoms with Gasteiger partial charge in [0.15, 0.2) is 0 Å². The molecular weight excluding hydrogens is 383 g/mol. The van der Waals surface area contributed by atoms with Crippen LogP contribution in [0.3, 0.4) is 0 Å². The molecule has 1 aromatic carbocycles. The first-order chi connectivity index (χ1) is 13.8. The van der Waals surface area contributed by atoms with Crippen LogP contribution in [0.1, 0.15) is 63.0 Å². The van der Waals surface area contributed by atoms with Gasteiger partial charge in [0.25, 0.3) is 5.91 Å². The number of carbonyl (C=O) groups excluding carboxylic acids is 2. The average Bonchev–Trinajstić information content (AvgIpc) is 2.94. The molecule has 3 rings (SSSR count). The topological polar surface area (TPSA) is 61.8 Å². The van der Waals surface area contributed by atoms with Crippen LogP contribution in [0.25, 0.3) is 0 Å². The molecule has 1 spiro atoms. The maximum absolute atomic E-state index is 13.1. The Kier molecular flexibility index (Phi) is 6.29. The van der Waals surface area contributed by atoms with Gasteiger partial charge in [0, 0.05) is 12.1 Å². The van der Waals surface area contributed by atoms with Crippen molar-refractivity contribution in [3.05, 3.63) is 35.4 Å². The molecule has 0 unspecified atom stereocenters. The van der Waals surface area contributed by atoms with Crippen molar-refractivity contribution in [2.24, 2.45) is 4.99 Å². The molecule has 2 amide bonds. The summed E-state index contributed by atoms with van der Waals surface area (Å²) in [5.41, 5.74) is -1.05. The van der Waals surface area contributed by atoms with E-state index in [0.29, 0.717) is 24.9 Å².